The van der Waals surface area contributed by atoms with Gasteiger partial charge in [0.25, 0.3) is 0 Å². The summed E-state index contributed by atoms with van der Waals surface area (Å²) in [7, 11) is 1.81. The molecule has 5 nitrogen and oxygen atoms in total. The van der Waals surface area contributed by atoms with Crippen LogP contribution in [0.25, 0.3) is 16.9 Å². The lowest BCUT2D eigenvalue weighted by atomic mass is 10.1. The van der Waals surface area contributed by atoms with E-state index in [4.69, 9.17) is 10.5 Å². The van der Waals surface area contributed by atoms with Gasteiger partial charge in [-0.2, -0.15) is 5.10 Å². The predicted octanol–water partition coefficient (Wildman–Crippen LogP) is 3.56. The Morgan fingerprint density at radius 2 is 1.84 bits per heavy atom. The van der Waals surface area contributed by atoms with Gasteiger partial charge >= 0.3 is 0 Å². The van der Waals surface area contributed by atoms with Crippen molar-refractivity contribution in [1.29, 1.82) is 0 Å². The van der Waals surface area contributed by atoms with Crippen molar-refractivity contribution in [3.63, 3.8) is 0 Å². The summed E-state index contributed by atoms with van der Waals surface area (Å²) in [6.45, 7) is 3.80. The number of rotatable bonds is 3. The Morgan fingerprint density at radius 1 is 1.16 bits per heavy atom. The Morgan fingerprint density at radius 3 is 2.52 bits per heavy atom. The minimum Gasteiger partial charge on any atom is -0.388 e. The Kier molecular flexibility index (Phi) is 5.49. The van der Waals surface area contributed by atoms with Crippen molar-refractivity contribution >= 4 is 18.3 Å². The number of halogens is 2. The van der Waals surface area contributed by atoms with E-state index in [9.17, 15) is 8.78 Å². The molecule has 0 bridgehead atoms. The molecule has 25 heavy (non-hydrogen) atoms. The zero-order valence-electron chi connectivity index (χ0n) is 13.9. The summed E-state index contributed by atoms with van der Waals surface area (Å²) in [5, 5.41) is 7.49. The molecule has 0 aliphatic carbocycles. The molecule has 0 saturated carbocycles. The highest BCUT2D eigenvalue weighted by Crippen LogP contribution is 2.33. The molecule has 3 aromatic rings. The molecule has 0 aliphatic rings. The van der Waals surface area contributed by atoms with E-state index in [0.717, 1.165) is 29.4 Å². The van der Waals surface area contributed by atoms with E-state index in [1.807, 2.05) is 31.1 Å². The van der Waals surface area contributed by atoms with Gasteiger partial charge in [-0.3, -0.25) is 0 Å². The molecule has 1 heterocycles. The molecule has 0 saturated heterocycles. The maximum Gasteiger partial charge on any atom is 0.149 e. The van der Waals surface area contributed by atoms with Crippen LogP contribution in [0, 0.1) is 18.6 Å². The third-order valence-electron chi connectivity index (χ3n) is 3.76. The van der Waals surface area contributed by atoms with Crippen molar-refractivity contribution in [2.24, 2.45) is 0 Å². The molecule has 130 valence electrons. The van der Waals surface area contributed by atoms with E-state index in [1.54, 1.807) is 14.0 Å². The summed E-state index contributed by atoms with van der Waals surface area (Å²) in [6, 6.07) is 10.8. The van der Waals surface area contributed by atoms with Gasteiger partial charge in [-0.05, 0) is 25.1 Å². The van der Waals surface area contributed by atoms with E-state index in [1.165, 1.54) is 4.68 Å². The maximum absolute atomic E-state index is 14.0. The van der Waals surface area contributed by atoms with E-state index in [-0.39, 0.29) is 11.5 Å². The van der Waals surface area contributed by atoms with Gasteiger partial charge in [0.15, 0.2) is 0 Å². The van der Waals surface area contributed by atoms with Gasteiger partial charge in [-0.1, -0.05) is 18.2 Å². The molecular weight excluding hydrogens is 326 g/mol. The molecule has 3 rings (SSSR count). The van der Waals surface area contributed by atoms with Crippen molar-refractivity contribution < 1.29 is 13.6 Å². The third kappa shape index (κ3) is 3.35. The number of benzene rings is 2. The highest BCUT2D eigenvalue weighted by molar-refractivity contribution is 5.79. The molecule has 7 heteroatoms. The topological polar surface area (TPSA) is 72.9 Å². The zero-order valence-corrected chi connectivity index (χ0v) is 13.9. The second kappa shape index (κ2) is 7.57. The maximum atomic E-state index is 14.0. The number of hydrogen-bond acceptors (Lipinski definition) is 4. The lowest BCUT2D eigenvalue weighted by Crippen LogP contribution is -2.05. The fraction of sp³-hybridized carbons (Fsp3) is 0.111. The summed E-state index contributed by atoms with van der Waals surface area (Å²) >= 11 is 0. The number of anilines is 2. The average molecular weight is 344 g/mol. The first-order valence-corrected chi connectivity index (χ1v) is 7.39. The number of carbonyl (C=O) groups excluding carboxylic acids is 1. The Bertz CT molecular complexity index is 893. The van der Waals surface area contributed by atoms with Gasteiger partial charge in [-0.15, -0.1) is 0 Å². The van der Waals surface area contributed by atoms with Crippen LogP contribution in [0.1, 0.15) is 5.56 Å². The van der Waals surface area contributed by atoms with Crippen LogP contribution in [0.15, 0.2) is 42.5 Å². The number of nitrogens with one attached hydrogen (secondary N) is 1. The van der Waals surface area contributed by atoms with Crippen molar-refractivity contribution in [1.82, 2.24) is 9.78 Å². The second-order valence-corrected chi connectivity index (χ2v) is 5.16. The Labute approximate surface area is 144 Å². The fourth-order valence-electron chi connectivity index (χ4n) is 2.50. The van der Waals surface area contributed by atoms with Gasteiger partial charge in [-0.25, -0.2) is 13.5 Å². The van der Waals surface area contributed by atoms with Gasteiger partial charge in [0, 0.05) is 29.9 Å². The smallest absolute Gasteiger partial charge is 0.149 e. The molecule has 0 unspecified atom stereocenters. The van der Waals surface area contributed by atoms with E-state index in [0.29, 0.717) is 11.3 Å². The van der Waals surface area contributed by atoms with Gasteiger partial charge < -0.3 is 15.8 Å². The minimum absolute atomic E-state index is 0.0150. The molecule has 3 N–H and O–H groups in total. The van der Waals surface area contributed by atoms with Gasteiger partial charge in [0.1, 0.15) is 29.9 Å². The van der Waals surface area contributed by atoms with Crippen molar-refractivity contribution in [2.75, 3.05) is 18.1 Å². The highest BCUT2D eigenvalue weighted by Gasteiger charge is 2.18. The third-order valence-corrected chi connectivity index (χ3v) is 3.76. The first kappa shape index (κ1) is 18.1. The summed E-state index contributed by atoms with van der Waals surface area (Å²) < 4.78 is 28.7. The van der Waals surface area contributed by atoms with Crippen LogP contribution in [-0.2, 0) is 4.79 Å². The second-order valence-electron chi connectivity index (χ2n) is 5.16. The first-order chi connectivity index (χ1) is 12.0. The molecule has 0 radical (unpaired) electrons. The molecule has 0 aliphatic heterocycles. The van der Waals surface area contributed by atoms with Crippen LogP contribution < -0.4 is 11.1 Å². The standard InChI is InChI=1S/C17H16F2N4.CH2O/c1-10-16(12-5-3-4-6-14(12)21-2)22-23(17(10)20)15-9-11(18)7-8-13(15)19;1-2/h3-9,21H,20H2,1-2H3;1H2. The van der Waals surface area contributed by atoms with Crippen LogP contribution in [0.3, 0.4) is 0 Å². The SMILES string of the molecule is C=O.CNc1ccccc1-c1nn(-c2cc(F)ccc2F)c(N)c1C. The lowest BCUT2D eigenvalue weighted by molar-refractivity contribution is -0.0979. The summed E-state index contributed by atoms with van der Waals surface area (Å²) in [5.41, 5.74) is 9.10. The van der Waals surface area contributed by atoms with Gasteiger partial charge in [0.2, 0.25) is 0 Å². The number of hydrogen-bond donors (Lipinski definition) is 2. The molecule has 0 amide bonds. The number of nitrogens with two attached hydrogens (primary N) is 1. The molecule has 0 fully saturated rings. The Balaban J connectivity index is 0.00000109. The predicted molar refractivity (Wildman–Crippen MR) is 94.7 cm³/mol. The number of nitrogen functional groups attached to an aromatic ring is 1. The normalized spacial score (nSPS) is 10.1. The summed E-state index contributed by atoms with van der Waals surface area (Å²) in [5.74, 6) is -0.865. The molecular formula is C18H18F2N4O. The Hall–Kier alpha value is -3.22. The number of aromatic nitrogens is 2. The van der Waals surface area contributed by atoms with Crippen molar-refractivity contribution in [3.05, 3.63) is 59.7 Å². The minimum atomic E-state index is -0.589. The molecule has 0 atom stereocenters. The number of nitrogens with zero attached hydrogens (tertiary/aromatic N) is 2. The van der Waals surface area contributed by atoms with Crippen molar-refractivity contribution in [3.8, 4) is 16.9 Å². The quantitative estimate of drug-likeness (QED) is 0.762. The molecule has 0 spiro atoms. The first-order valence-electron chi connectivity index (χ1n) is 7.39. The van der Waals surface area contributed by atoms with Crippen molar-refractivity contribution in [2.45, 2.75) is 6.92 Å². The average Bonchev–Trinajstić information content (AvgIpc) is 2.94. The number of para-hydroxylation sites is 1. The van der Waals surface area contributed by atoms with Gasteiger partial charge in [0.05, 0.1) is 5.69 Å². The zero-order chi connectivity index (χ0) is 18.6. The lowest BCUT2D eigenvalue weighted by Gasteiger charge is -2.07. The highest BCUT2D eigenvalue weighted by atomic mass is 19.1. The van der Waals surface area contributed by atoms with Crippen LogP contribution in [0.2, 0.25) is 0 Å². The molecule has 1 aromatic heterocycles. The van der Waals surface area contributed by atoms with Crippen LogP contribution in [0.4, 0.5) is 20.3 Å². The molecule has 2 aromatic carbocycles. The fourth-order valence-corrected chi connectivity index (χ4v) is 2.50. The largest absolute Gasteiger partial charge is 0.388 e. The van der Waals surface area contributed by atoms with Crippen LogP contribution in [0.5, 0.6) is 0 Å². The van der Waals surface area contributed by atoms with E-state index >= 15 is 0 Å². The number of carbonyl (C=O) groups is 1. The van der Waals surface area contributed by atoms with Crippen LogP contribution in [-0.4, -0.2) is 23.6 Å². The van der Waals surface area contributed by atoms with Crippen LogP contribution >= 0.6 is 0 Å². The van der Waals surface area contributed by atoms with E-state index in [2.05, 4.69) is 10.4 Å². The summed E-state index contributed by atoms with van der Waals surface area (Å²) in [4.78, 5) is 8.00. The van der Waals surface area contributed by atoms with E-state index < -0.39 is 11.6 Å². The summed E-state index contributed by atoms with van der Waals surface area (Å²) in [6.07, 6.45) is 0. The monoisotopic (exact) mass is 344 g/mol.